The number of nitrogens with zero attached hydrogens (tertiary/aromatic N) is 4. The van der Waals surface area contributed by atoms with Gasteiger partial charge in [0, 0.05) is 30.6 Å². The highest BCUT2D eigenvalue weighted by Gasteiger charge is 2.29. The van der Waals surface area contributed by atoms with Crippen molar-refractivity contribution in [1.29, 1.82) is 10.5 Å². The van der Waals surface area contributed by atoms with Gasteiger partial charge in [0.15, 0.2) is 0 Å². The van der Waals surface area contributed by atoms with E-state index in [2.05, 4.69) is 84.0 Å². The van der Waals surface area contributed by atoms with E-state index in [1.54, 1.807) is 22.7 Å². The lowest BCUT2D eigenvalue weighted by molar-refractivity contribution is 0.666. The summed E-state index contributed by atoms with van der Waals surface area (Å²) < 4.78 is 16.8. The highest BCUT2D eigenvalue weighted by Crippen LogP contribution is 2.54. The minimum Gasteiger partial charge on any atom is -0.309 e. The van der Waals surface area contributed by atoms with E-state index in [1.807, 2.05) is 12.1 Å². The van der Waals surface area contributed by atoms with E-state index >= 15 is 0 Å². The minimum atomic E-state index is 0.775. The van der Waals surface area contributed by atoms with Gasteiger partial charge in [0.05, 0.1) is 58.5 Å². The van der Waals surface area contributed by atoms with Crippen molar-refractivity contribution in [2.75, 3.05) is 9.44 Å². The molecule has 0 aliphatic carbocycles. The molecule has 0 spiro atoms. The van der Waals surface area contributed by atoms with Crippen LogP contribution in [0.2, 0.25) is 0 Å². The highest BCUT2D eigenvalue weighted by molar-refractivity contribution is 8.02. The Balaban J connectivity index is 1.22. The van der Waals surface area contributed by atoms with Gasteiger partial charge in [0.25, 0.3) is 0 Å². The van der Waals surface area contributed by atoms with E-state index in [9.17, 15) is 10.5 Å². The van der Waals surface area contributed by atoms with Crippen LogP contribution in [0.3, 0.4) is 0 Å². The molecular formula is C40H38N6S4. The molecule has 50 heavy (non-hydrogen) atoms. The number of rotatable bonds is 14. The molecule has 3 aromatic carbocycles. The van der Waals surface area contributed by atoms with Crippen molar-refractivity contribution in [1.82, 2.24) is 8.75 Å². The number of hydrogen-bond donors (Lipinski definition) is 2. The molecule has 6 aromatic rings. The monoisotopic (exact) mass is 730 g/mol. The second-order valence-corrected chi connectivity index (χ2v) is 16.0. The number of unbranched alkanes of at least 4 members (excludes halogenated alkanes) is 6. The van der Waals surface area contributed by atoms with Gasteiger partial charge in [-0.3, -0.25) is 0 Å². The fourth-order valence-electron chi connectivity index (χ4n) is 6.68. The Kier molecular flexibility index (Phi) is 10.8. The number of benzene rings is 3. The predicted molar refractivity (Wildman–Crippen MR) is 215 cm³/mol. The van der Waals surface area contributed by atoms with E-state index in [0.29, 0.717) is 0 Å². The molecule has 1 aliphatic rings. The van der Waals surface area contributed by atoms with Crippen molar-refractivity contribution in [3.8, 4) is 53.9 Å². The third-order valence-corrected chi connectivity index (χ3v) is 12.8. The first-order valence-corrected chi connectivity index (χ1v) is 20.6. The van der Waals surface area contributed by atoms with Crippen molar-refractivity contribution in [2.45, 2.75) is 78.1 Å². The zero-order chi connectivity index (χ0) is 34.5. The summed E-state index contributed by atoms with van der Waals surface area (Å²) in [6, 6.07) is 26.1. The Bertz CT molecular complexity index is 2080. The van der Waals surface area contributed by atoms with Gasteiger partial charge < -0.3 is 9.44 Å². The number of anilines is 2. The Labute approximate surface area is 310 Å². The molecule has 252 valence electrons. The summed E-state index contributed by atoms with van der Waals surface area (Å²) >= 11 is 6.22. The summed E-state index contributed by atoms with van der Waals surface area (Å²) in [6.45, 7) is 4.45. The third-order valence-electron chi connectivity index (χ3n) is 9.34. The Morgan fingerprint density at radius 1 is 0.580 bits per heavy atom. The normalized spacial score (nSPS) is 12.0. The van der Waals surface area contributed by atoms with E-state index in [-0.39, 0.29) is 0 Å². The molecule has 0 fully saturated rings. The minimum absolute atomic E-state index is 0.775. The molecule has 6 nitrogen and oxygen atoms in total. The largest absolute Gasteiger partial charge is 0.309 e. The van der Waals surface area contributed by atoms with E-state index in [0.717, 1.165) is 102 Å². The number of aromatic nitrogens is 2. The molecule has 0 unspecified atom stereocenters. The van der Waals surface area contributed by atoms with Crippen molar-refractivity contribution in [2.24, 2.45) is 0 Å². The van der Waals surface area contributed by atoms with Crippen molar-refractivity contribution >= 4 is 68.9 Å². The number of fused-ring (bicyclic) bond motifs is 2. The van der Waals surface area contributed by atoms with Gasteiger partial charge in [-0.1, -0.05) is 64.5 Å². The predicted octanol–water partition coefficient (Wildman–Crippen LogP) is 12.9. The SMILES string of the molecule is CCCCCCc1cc(-c2ccc(-c3c4c(c(-c5ccc(-c6ccc(C#N)c(CCCCCC)c6)s5)c5nsnc35)NSN4)s2)ccc1C#N. The van der Waals surface area contributed by atoms with Gasteiger partial charge in [0.1, 0.15) is 11.0 Å². The Morgan fingerprint density at radius 2 is 1.04 bits per heavy atom. The Morgan fingerprint density at radius 3 is 1.48 bits per heavy atom. The smallest absolute Gasteiger partial charge is 0.116 e. The summed E-state index contributed by atoms with van der Waals surface area (Å²) in [5.41, 5.74) is 12.1. The lowest BCUT2D eigenvalue weighted by Crippen LogP contribution is -1.92. The molecule has 10 heteroatoms. The summed E-state index contributed by atoms with van der Waals surface area (Å²) in [4.78, 5) is 4.59. The first-order chi connectivity index (χ1) is 24.6. The number of nitriles is 2. The molecule has 0 saturated carbocycles. The molecule has 0 saturated heterocycles. The fraction of sp³-hybridized carbons (Fsp3) is 0.300. The number of nitrogens with one attached hydrogen (secondary N) is 2. The quantitative estimate of drug-likeness (QED) is 0.0850. The number of thiophene rings is 2. The maximum atomic E-state index is 9.76. The molecule has 0 radical (unpaired) electrons. The zero-order valence-corrected chi connectivity index (χ0v) is 31.5. The maximum Gasteiger partial charge on any atom is 0.116 e. The standard InChI is InChI=1S/C40H38N6S4/c1-3-5-7-9-11-25-21-27(13-15-29(25)23-41)31-17-19-33(47-31)35-37-39(45-49-43-37)36(40-38(35)44-50-46-40)34-20-18-32(48-34)28-14-16-30(24-42)26(22-28)12-10-8-6-4-2/h13-22,43,45H,3-12H2,1-2H3. The molecule has 0 bridgehead atoms. The molecule has 2 N–H and O–H groups in total. The van der Waals surface area contributed by atoms with Crippen LogP contribution in [0.4, 0.5) is 11.4 Å². The topological polar surface area (TPSA) is 97.4 Å². The second-order valence-electron chi connectivity index (χ2n) is 12.7. The van der Waals surface area contributed by atoms with Gasteiger partial charge in [0.2, 0.25) is 0 Å². The van der Waals surface area contributed by atoms with Crippen LogP contribution < -0.4 is 9.44 Å². The van der Waals surface area contributed by atoms with Crippen molar-refractivity contribution < 1.29 is 0 Å². The van der Waals surface area contributed by atoms with E-state index in [1.165, 1.54) is 72.1 Å². The van der Waals surface area contributed by atoms with E-state index < -0.39 is 0 Å². The highest BCUT2D eigenvalue weighted by atomic mass is 32.2. The van der Waals surface area contributed by atoms with Gasteiger partial charge in [-0.25, -0.2) is 0 Å². The molecule has 3 aromatic heterocycles. The second kappa shape index (κ2) is 15.8. The molecule has 4 heterocycles. The van der Waals surface area contributed by atoms with Crippen LogP contribution >= 0.6 is 46.5 Å². The lowest BCUT2D eigenvalue weighted by atomic mass is 9.98. The summed E-state index contributed by atoms with van der Waals surface area (Å²) in [6.07, 6.45) is 11.3. The molecule has 0 atom stereocenters. The van der Waals surface area contributed by atoms with Gasteiger partial charge in [-0.05, 0) is 96.5 Å². The van der Waals surface area contributed by atoms with Gasteiger partial charge in [-0.2, -0.15) is 19.3 Å². The molecule has 7 rings (SSSR count). The van der Waals surface area contributed by atoms with E-state index in [4.69, 9.17) is 8.75 Å². The Hall–Kier alpha value is -4.19. The average Bonchev–Trinajstić information content (AvgIpc) is 3.98. The first kappa shape index (κ1) is 34.3. The van der Waals surface area contributed by atoms with Crippen molar-refractivity contribution in [3.63, 3.8) is 0 Å². The lowest BCUT2D eigenvalue weighted by Gasteiger charge is -2.11. The first-order valence-electron chi connectivity index (χ1n) is 17.4. The molecule has 1 aliphatic heterocycles. The maximum absolute atomic E-state index is 9.76. The van der Waals surface area contributed by atoms with Crippen molar-refractivity contribution in [3.05, 3.63) is 82.9 Å². The number of aryl methyl sites for hydroxylation is 2. The zero-order valence-electron chi connectivity index (χ0n) is 28.3. The third kappa shape index (κ3) is 6.91. The summed E-state index contributed by atoms with van der Waals surface area (Å²) in [5.74, 6) is 0. The van der Waals surface area contributed by atoms with Crippen LogP contribution in [0.15, 0.2) is 60.7 Å². The van der Waals surface area contributed by atoms with Crippen LogP contribution in [0.25, 0.3) is 52.8 Å². The van der Waals surface area contributed by atoms with Crippen LogP contribution in [0.5, 0.6) is 0 Å². The molecular weight excluding hydrogens is 693 g/mol. The fourth-order valence-corrected chi connectivity index (χ4v) is 10.0. The average molecular weight is 731 g/mol. The molecule has 0 amide bonds. The number of hydrogen-bond acceptors (Lipinski definition) is 10. The van der Waals surface area contributed by atoms with Crippen LogP contribution in [-0.2, 0) is 12.8 Å². The van der Waals surface area contributed by atoms with Gasteiger partial charge in [-0.15, -0.1) is 22.7 Å². The summed E-state index contributed by atoms with van der Waals surface area (Å²) in [5, 5.41) is 19.5. The van der Waals surface area contributed by atoms with Crippen LogP contribution in [-0.4, -0.2) is 8.75 Å². The van der Waals surface area contributed by atoms with Crippen LogP contribution in [0, 0.1) is 22.7 Å². The summed E-state index contributed by atoms with van der Waals surface area (Å²) in [7, 11) is 0. The van der Waals surface area contributed by atoms with Gasteiger partial charge >= 0.3 is 0 Å². The van der Waals surface area contributed by atoms with Crippen LogP contribution in [0.1, 0.15) is 87.5 Å².